The van der Waals surface area contributed by atoms with Crippen LogP contribution in [0.2, 0.25) is 0 Å². The largest absolute Gasteiger partial charge is 0.227 e. The predicted molar refractivity (Wildman–Crippen MR) is 331 cm³/mol. The Kier molecular flexibility index (Phi) is 86.1. The van der Waals surface area contributed by atoms with Crippen molar-refractivity contribution < 1.29 is 0 Å². The molecule has 0 bridgehead atoms. The third-order valence-corrected chi connectivity index (χ3v) is 5.33. The lowest BCUT2D eigenvalue weighted by Gasteiger charge is -1.71. The summed E-state index contributed by atoms with van der Waals surface area (Å²) in [7, 11) is 0. The highest BCUT2D eigenvalue weighted by Crippen LogP contribution is 2.02. The number of nitrogens with zero attached hydrogens (tertiary/aromatic N) is 134. The third kappa shape index (κ3) is 107. The van der Waals surface area contributed by atoms with Crippen LogP contribution >= 0.6 is 0 Å². The van der Waals surface area contributed by atoms with Crippen LogP contribution in [0.1, 0.15) is 0 Å². The highest BCUT2D eigenvalue weighted by atomic mass is 15.8. The number of nitriles is 1. The molecule has 0 aliphatic rings. The molecule has 680 valence electrons. The second-order valence-electron chi connectivity index (χ2n) is 12.0. The van der Waals surface area contributed by atoms with Gasteiger partial charge in [0.05, 0.1) is 0 Å². The van der Waals surface area contributed by atoms with Gasteiger partial charge in [-0.15, -0.1) is 0 Å². The fraction of sp³-hybridized carbons (Fsp3) is 0. The number of hydrogen-bond donors (Lipinski definition) is 1. The van der Waals surface area contributed by atoms with Gasteiger partial charge in [-0.25, -0.2) is 0 Å². The summed E-state index contributed by atoms with van der Waals surface area (Å²) < 4.78 is 0. The summed E-state index contributed by atoms with van der Waals surface area (Å²) >= 11 is 0. The highest BCUT2D eigenvalue weighted by molar-refractivity contribution is 4.56. The zero-order valence-corrected chi connectivity index (χ0v) is 60.9. The Morgan fingerprint density at radius 2 is 0.118 bits per heavy atom. The first-order valence-corrected chi connectivity index (χ1v) is 27.1. The number of rotatable bonds is 66. The molecule has 0 spiro atoms. The topological polar surface area (TPSA) is 1690 Å². The summed E-state index contributed by atoms with van der Waals surface area (Å²) in [6, 6.07) is 0. The Bertz CT molecular complexity index is 5020. The van der Waals surface area contributed by atoms with Gasteiger partial charge < -0.3 is 0 Å². The van der Waals surface area contributed by atoms with E-state index in [4.69, 9.17) is 10.8 Å². The van der Waals surface area contributed by atoms with Gasteiger partial charge in [0, 0.05) is 606 Å². The van der Waals surface area contributed by atoms with Gasteiger partial charge in [0.2, 0.25) is 6.19 Å². The predicted octanol–water partition coefficient (Wildman–Crippen LogP) is 24.7. The Balaban J connectivity index is 4.14. The van der Waals surface area contributed by atoms with Gasteiger partial charge in [-0.2, -0.15) is 10.8 Å². The zero-order valence-electron chi connectivity index (χ0n) is 60.9. The summed E-state index contributed by atoms with van der Waals surface area (Å²) in [5.41, 5.74) is 6.28. The molecule has 135 heteroatoms. The SMILES string of the molecule is N#CN=N/N=N/N=N/N=N/N=N/N=N/N=N/N=N/N=N/N=N/N=N/N=N/N=N/N=N/N=N/N=N/N=N/N=N/N=N/N=N/N=N/N=N/N=N/N=N/N=N/N=N/N=N/N=N/N=N/N=N/N=N/N=N/N=N/N=N/N=N/N=N/N=N/N=N/N=N/N=N/N=N/N=N/N=N/N=N/N=N/N=N/N=N/N=N/N=N/N=N/N=N/N=N/N=N/N=N/N=N/N=N/N=N/N=N/N=N/N=N/N=N/N=N/N=N/N=N/N=N/N=N/N=N. The van der Waals surface area contributed by atoms with Crippen molar-refractivity contribution in [3.05, 3.63) is 0 Å². The zero-order chi connectivity index (χ0) is 96.8. The van der Waals surface area contributed by atoms with Gasteiger partial charge in [-0.3, -0.25) is 0 Å². The molecule has 0 aliphatic heterocycles. The molecular formula is CHN135. The fourth-order valence-electron chi connectivity index (χ4n) is 2.37. The van der Waals surface area contributed by atoms with Crippen molar-refractivity contribution in [3.8, 4) is 6.19 Å². The van der Waals surface area contributed by atoms with Crippen LogP contribution in [0.5, 0.6) is 0 Å². The first-order chi connectivity index (χ1) is 67.9. The maximum absolute atomic E-state index is 8.04. The molecule has 135 nitrogen and oxygen atoms in total. The van der Waals surface area contributed by atoms with E-state index in [0.717, 1.165) is 0 Å². The quantitative estimate of drug-likeness (QED) is 0.0346. The Morgan fingerprint density at radius 1 is 0.0735 bits per heavy atom. The summed E-state index contributed by atoms with van der Waals surface area (Å²) in [6.45, 7) is 0. The molecule has 0 amide bonds. The van der Waals surface area contributed by atoms with Crippen LogP contribution in [0.4, 0.5) is 0 Å². The molecule has 0 aromatic heterocycles. The average molecular weight is 1900 g/mol. The molecular weight excluding hydrogens is 1900 g/mol. The van der Waals surface area contributed by atoms with E-state index >= 15 is 0 Å². The normalized spacial score (nSPS) is 15.6. The van der Waals surface area contributed by atoms with E-state index in [0.29, 0.717) is 0 Å². The van der Waals surface area contributed by atoms with Crippen molar-refractivity contribution in [1.29, 1.82) is 10.8 Å². The fourth-order valence-corrected chi connectivity index (χ4v) is 2.37. The minimum absolute atomic E-state index is 1.31. The Labute approximate surface area is 711 Å². The monoisotopic (exact) mass is 1900 g/mol. The van der Waals surface area contributed by atoms with Crippen LogP contribution in [0, 0.1) is 17.0 Å². The maximum atomic E-state index is 8.04. The van der Waals surface area contributed by atoms with Crippen LogP contribution in [-0.4, -0.2) is 0 Å². The summed E-state index contributed by atoms with van der Waals surface area (Å²) in [4.78, 5) is 0. The smallest absolute Gasteiger partial charge is 0.183 e. The van der Waals surface area contributed by atoms with E-state index in [-0.39, 0.29) is 0 Å². The van der Waals surface area contributed by atoms with Gasteiger partial charge in [0.25, 0.3) is 0 Å². The molecule has 0 radical (unpaired) electrons. The molecule has 0 aliphatic carbocycles. The summed E-state index contributed by atoms with van der Waals surface area (Å²) in [5, 5.41) is 405. The molecule has 136 heavy (non-hydrogen) atoms. The molecule has 0 fully saturated rings. The van der Waals surface area contributed by atoms with Crippen LogP contribution in [-0.2, 0) is 0 Å². The van der Waals surface area contributed by atoms with Gasteiger partial charge in [-0.1, -0.05) is 0 Å². The molecule has 0 aromatic carbocycles. The minimum Gasteiger partial charge on any atom is -0.183 e. The van der Waals surface area contributed by atoms with E-state index in [1.54, 1.807) is 0 Å². The van der Waals surface area contributed by atoms with Crippen molar-refractivity contribution in [2.75, 3.05) is 0 Å². The molecule has 0 saturated carbocycles. The second-order valence-corrected chi connectivity index (χ2v) is 12.0. The molecule has 0 saturated heterocycles. The van der Waals surface area contributed by atoms with Gasteiger partial charge >= 0.3 is 0 Å². The third-order valence-electron chi connectivity index (χ3n) is 5.33. The number of nitrogens with one attached hydrogen (secondary N) is 1. The lowest BCUT2D eigenvalue weighted by Crippen LogP contribution is -1.52. The lowest BCUT2D eigenvalue weighted by atomic mass is 11.5. The average Bonchev–Trinajstić information content (AvgIpc) is 1.10. The van der Waals surface area contributed by atoms with Crippen molar-refractivity contribution >= 4 is 0 Å². The molecule has 1 N–H and O–H groups in total. The molecule has 0 aromatic rings. The van der Waals surface area contributed by atoms with Crippen LogP contribution < -0.4 is 0 Å². The van der Waals surface area contributed by atoms with Gasteiger partial charge in [0.1, 0.15) is 0 Å². The minimum atomic E-state index is 1.31. The van der Waals surface area contributed by atoms with E-state index in [1.165, 1.54) is 6.19 Å². The summed E-state index contributed by atoms with van der Waals surface area (Å²) in [5.74, 6) is 0. The van der Waals surface area contributed by atoms with Crippen molar-refractivity contribution in [2.24, 2.45) is 695 Å². The molecule has 0 heterocycles. The first kappa shape index (κ1) is 109. The van der Waals surface area contributed by atoms with E-state index in [2.05, 4.69) is 695 Å². The van der Waals surface area contributed by atoms with E-state index in [9.17, 15) is 0 Å². The lowest BCUT2D eigenvalue weighted by molar-refractivity contribution is 0.722. The highest BCUT2D eigenvalue weighted by Gasteiger charge is 1.84. The number of hydrogen-bond acceptors (Lipinski definition) is 3. The van der Waals surface area contributed by atoms with Crippen molar-refractivity contribution in [2.45, 2.75) is 0 Å². The molecule has 0 atom stereocenters. The van der Waals surface area contributed by atoms with Crippen LogP contribution in [0.3, 0.4) is 0 Å². The Hall–Kier alpha value is -27.3. The van der Waals surface area contributed by atoms with Gasteiger partial charge in [0.15, 0.2) is 0 Å². The van der Waals surface area contributed by atoms with Crippen molar-refractivity contribution in [1.82, 2.24) is 0 Å². The standard InChI is InChI=1S/CHN135/c2-1-4-6-8-10-12-14-16-18-20-22-24-26-28-30-32-34-36-38-40-42-44-46-48-50-52-54-56-58-60-62-64-66-68-70-72-74-76-78-80-82-84-86-88-90-92-94-96-98-100-102-104-106-108-110-112-114-116-118-120-122-124-126-128-130-132-134-136-135-133-131-129-127-125-123-121-119-117-115-113-111-109-107-105-103-101-99-97-95-93-91-89-87-85-83-81-79-77-75-73-71-69-67-65-63-61-59-57-55-53-51-49-47-45-43-41-39-37-35-33-31-29-27-25-23-21-19-17-15-13-11-9-7-5-3/h3H/b5-3?,6-4?,9-7+,10-8+,13-11+,14-12+,17-15+,18-16+,21-19+,22-20+,25-23+,26-24+,29-27+,30-28+,33-31+,34-32+,37-35+,38-36+,41-39+,42-40+,45-43+,46-44+,49-47+,50-48+,53-51+,54-52+,57-55+,58-56+,61-59+,62-60+,65-63+,66-64+,69-67+,70-68+,73-71+,74-72+,77-75+,78-76+,81-79+,82-80+,85-83+,86-84+,89-87+,90-88+,93-91+,94-92+,97-95+,98-96+,101-99+,102-100+,105-103+,106-104+,109-107+,110-108+,113-111+,114-112+,117-115+,118-116+,121-119+,122-120+,125-123+,126-124+,129-127+,130-128+,133-131+,134-132+,136-135+. The van der Waals surface area contributed by atoms with E-state index < -0.39 is 0 Å². The Morgan fingerprint density at radius 3 is 0.162 bits per heavy atom. The van der Waals surface area contributed by atoms with E-state index in [1.807, 2.05) is 0 Å². The molecule has 0 unspecified atom stereocenters. The van der Waals surface area contributed by atoms with Crippen LogP contribution in [0.15, 0.2) is 695 Å². The summed E-state index contributed by atoms with van der Waals surface area (Å²) in [6.07, 6.45) is 1.31. The molecule has 0 rings (SSSR count). The second kappa shape index (κ2) is 108. The van der Waals surface area contributed by atoms with Crippen LogP contribution in [0.25, 0.3) is 0 Å². The first-order valence-electron chi connectivity index (χ1n) is 27.1. The van der Waals surface area contributed by atoms with Gasteiger partial charge in [-0.05, 0) is 88.7 Å². The van der Waals surface area contributed by atoms with Crippen molar-refractivity contribution in [3.63, 3.8) is 0 Å². The maximum Gasteiger partial charge on any atom is 0.227 e.